The molecule has 1 aromatic rings. The molecule has 0 spiro atoms. The topological polar surface area (TPSA) is 24.5 Å². The van der Waals surface area contributed by atoms with E-state index in [-0.39, 0.29) is 0 Å². The molecule has 0 saturated carbocycles. The zero-order valence-electron chi connectivity index (χ0n) is 11.5. The fourth-order valence-electron chi connectivity index (χ4n) is 2.45. The second-order valence-electron chi connectivity index (χ2n) is 4.91. The predicted molar refractivity (Wildman–Crippen MR) is 75.1 cm³/mol. The van der Waals surface area contributed by atoms with E-state index >= 15 is 0 Å². The number of ether oxygens (including phenoxy) is 1. The highest BCUT2D eigenvalue weighted by Gasteiger charge is 2.09. The van der Waals surface area contributed by atoms with Crippen LogP contribution in [0, 0.1) is 6.92 Å². The highest BCUT2D eigenvalue weighted by molar-refractivity contribution is 5.36. The van der Waals surface area contributed by atoms with Gasteiger partial charge in [0.25, 0.3) is 0 Å². The summed E-state index contributed by atoms with van der Waals surface area (Å²) in [6.45, 7) is 10.5. The van der Waals surface area contributed by atoms with Gasteiger partial charge in [-0.15, -0.1) is 0 Å². The lowest BCUT2D eigenvalue weighted by molar-refractivity contribution is 0.284. The maximum atomic E-state index is 5.58. The minimum absolute atomic E-state index is 0.734. The van der Waals surface area contributed by atoms with E-state index in [0.29, 0.717) is 0 Å². The Hall–Kier alpha value is -1.06. The van der Waals surface area contributed by atoms with E-state index in [0.717, 1.165) is 38.5 Å². The molecule has 1 heterocycles. The molecule has 1 fully saturated rings. The van der Waals surface area contributed by atoms with Crippen molar-refractivity contribution >= 4 is 0 Å². The van der Waals surface area contributed by atoms with Gasteiger partial charge < -0.3 is 10.1 Å². The zero-order chi connectivity index (χ0) is 12.8. The van der Waals surface area contributed by atoms with Crippen LogP contribution in [0.4, 0.5) is 0 Å². The molecule has 0 amide bonds. The minimum Gasteiger partial charge on any atom is -0.494 e. The number of aryl methyl sites for hydroxylation is 1. The van der Waals surface area contributed by atoms with Crippen LogP contribution in [0.2, 0.25) is 0 Å². The number of nitrogens with one attached hydrogen (secondary N) is 1. The van der Waals surface area contributed by atoms with E-state index < -0.39 is 0 Å². The van der Waals surface area contributed by atoms with Crippen LogP contribution in [0.25, 0.3) is 0 Å². The first kappa shape index (κ1) is 13.4. The van der Waals surface area contributed by atoms with Gasteiger partial charge in [0, 0.05) is 19.6 Å². The molecule has 0 aromatic heterocycles. The van der Waals surface area contributed by atoms with Gasteiger partial charge in [-0.1, -0.05) is 12.1 Å². The van der Waals surface area contributed by atoms with Crippen molar-refractivity contribution in [2.45, 2.75) is 26.8 Å². The maximum Gasteiger partial charge on any atom is 0.122 e. The zero-order valence-corrected chi connectivity index (χ0v) is 11.5. The van der Waals surface area contributed by atoms with Crippen molar-refractivity contribution in [2.75, 3.05) is 32.8 Å². The average molecular weight is 248 g/mol. The standard InChI is InChI=1S/C15H24N2O/c1-3-18-15-6-5-14(11-13(15)2)12-17-9-4-7-16-8-10-17/h5-6,11,16H,3-4,7-10,12H2,1-2H3. The molecule has 0 bridgehead atoms. The Labute approximate surface area is 110 Å². The van der Waals surface area contributed by atoms with Gasteiger partial charge in [-0.25, -0.2) is 0 Å². The summed E-state index contributed by atoms with van der Waals surface area (Å²) < 4.78 is 5.58. The van der Waals surface area contributed by atoms with E-state index in [4.69, 9.17) is 4.74 Å². The largest absolute Gasteiger partial charge is 0.494 e. The van der Waals surface area contributed by atoms with Gasteiger partial charge in [-0.05, 0) is 50.6 Å². The lowest BCUT2D eigenvalue weighted by Crippen LogP contribution is -2.27. The monoisotopic (exact) mass is 248 g/mol. The van der Waals surface area contributed by atoms with Crippen molar-refractivity contribution < 1.29 is 4.74 Å². The van der Waals surface area contributed by atoms with Crippen LogP contribution in [0.5, 0.6) is 5.75 Å². The van der Waals surface area contributed by atoms with E-state index in [2.05, 4.69) is 35.3 Å². The first-order valence-corrected chi connectivity index (χ1v) is 6.95. The molecule has 2 rings (SSSR count). The Morgan fingerprint density at radius 2 is 2.17 bits per heavy atom. The quantitative estimate of drug-likeness (QED) is 0.884. The summed E-state index contributed by atoms with van der Waals surface area (Å²) in [6, 6.07) is 6.55. The van der Waals surface area contributed by atoms with Crippen LogP contribution in [-0.4, -0.2) is 37.7 Å². The molecule has 0 atom stereocenters. The van der Waals surface area contributed by atoms with Crippen molar-refractivity contribution in [1.82, 2.24) is 10.2 Å². The summed E-state index contributed by atoms with van der Waals surface area (Å²) in [4.78, 5) is 2.52. The van der Waals surface area contributed by atoms with E-state index in [1.807, 2.05) is 6.92 Å². The Morgan fingerprint density at radius 1 is 1.28 bits per heavy atom. The third-order valence-electron chi connectivity index (χ3n) is 3.38. The van der Waals surface area contributed by atoms with E-state index in [1.165, 1.54) is 24.1 Å². The normalized spacial score (nSPS) is 17.4. The highest BCUT2D eigenvalue weighted by Crippen LogP contribution is 2.20. The summed E-state index contributed by atoms with van der Waals surface area (Å²) in [6.07, 6.45) is 1.25. The Kier molecular flexibility index (Phi) is 5.02. The maximum absolute atomic E-state index is 5.58. The fourth-order valence-corrected chi connectivity index (χ4v) is 2.45. The molecule has 18 heavy (non-hydrogen) atoms. The van der Waals surface area contributed by atoms with Gasteiger partial charge in [0.15, 0.2) is 0 Å². The van der Waals surface area contributed by atoms with Crippen LogP contribution in [0.1, 0.15) is 24.5 Å². The predicted octanol–water partition coefficient (Wildman–Crippen LogP) is 2.19. The molecule has 1 saturated heterocycles. The molecular weight excluding hydrogens is 224 g/mol. The number of hydrogen-bond acceptors (Lipinski definition) is 3. The van der Waals surface area contributed by atoms with Crippen molar-refractivity contribution in [3.63, 3.8) is 0 Å². The third-order valence-corrected chi connectivity index (χ3v) is 3.38. The van der Waals surface area contributed by atoms with Gasteiger partial charge in [0.05, 0.1) is 6.61 Å². The molecule has 0 aliphatic carbocycles. The Morgan fingerprint density at radius 3 is 2.94 bits per heavy atom. The molecule has 1 aromatic carbocycles. The first-order valence-electron chi connectivity index (χ1n) is 6.95. The highest BCUT2D eigenvalue weighted by atomic mass is 16.5. The van der Waals surface area contributed by atoms with Crippen LogP contribution < -0.4 is 10.1 Å². The smallest absolute Gasteiger partial charge is 0.122 e. The molecule has 1 N–H and O–H groups in total. The van der Waals surface area contributed by atoms with E-state index in [9.17, 15) is 0 Å². The molecular formula is C15H24N2O. The van der Waals surface area contributed by atoms with Gasteiger partial charge in [-0.2, -0.15) is 0 Å². The lowest BCUT2D eigenvalue weighted by atomic mass is 10.1. The summed E-state index contributed by atoms with van der Waals surface area (Å²) in [7, 11) is 0. The molecule has 0 radical (unpaired) electrons. The third kappa shape index (κ3) is 3.72. The first-order chi connectivity index (χ1) is 8.79. The van der Waals surface area contributed by atoms with Gasteiger partial charge in [0.1, 0.15) is 5.75 Å². The number of rotatable bonds is 4. The number of hydrogen-bond donors (Lipinski definition) is 1. The molecule has 0 unspecified atom stereocenters. The SMILES string of the molecule is CCOc1ccc(CN2CCCNCC2)cc1C. The van der Waals surface area contributed by atoms with Crippen LogP contribution >= 0.6 is 0 Å². The Bertz CT molecular complexity index is 371. The summed E-state index contributed by atoms with van der Waals surface area (Å²) in [5.74, 6) is 1.01. The van der Waals surface area contributed by atoms with Crippen LogP contribution in [0.15, 0.2) is 18.2 Å². The molecule has 100 valence electrons. The summed E-state index contributed by atoms with van der Waals surface area (Å²) in [5.41, 5.74) is 2.63. The van der Waals surface area contributed by atoms with Crippen LogP contribution in [-0.2, 0) is 6.54 Å². The average Bonchev–Trinajstić information content (AvgIpc) is 2.61. The summed E-state index contributed by atoms with van der Waals surface area (Å²) >= 11 is 0. The minimum atomic E-state index is 0.734. The second kappa shape index (κ2) is 6.76. The van der Waals surface area contributed by atoms with Gasteiger partial charge >= 0.3 is 0 Å². The molecule has 3 heteroatoms. The fraction of sp³-hybridized carbons (Fsp3) is 0.600. The van der Waals surface area contributed by atoms with Gasteiger partial charge in [0.2, 0.25) is 0 Å². The van der Waals surface area contributed by atoms with Crippen molar-refractivity contribution in [3.8, 4) is 5.75 Å². The summed E-state index contributed by atoms with van der Waals surface area (Å²) in [5, 5.41) is 3.44. The van der Waals surface area contributed by atoms with Gasteiger partial charge in [-0.3, -0.25) is 4.90 Å². The Balaban J connectivity index is 1.98. The number of nitrogens with zero attached hydrogens (tertiary/aromatic N) is 1. The second-order valence-corrected chi connectivity index (χ2v) is 4.91. The molecule has 3 nitrogen and oxygen atoms in total. The van der Waals surface area contributed by atoms with Crippen LogP contribution in [0.3, 0.4) is 0 Å². The molecule has 1 aliphatic heterocycles. The van der Waals surface area contributed by atoms with Crippen molar-refractivity contribution in [2.24, 2.45) is 0 Å². The lowest BCUT2D eigenvalue weighted by Gasteiger charge is -2.20. The van der Waals surface area contributed by atoms with E-state index in [1.54, 1.807) is 0 Å². The van der Waals surface area contributed by atoms with Crippen molar-refractivity contribution in [1.29, 1.82) is 0 Å². The van der Waals surface area contributed by atoms with Crippen molar-refractivity contribution in [3.05, 3.63) is 29.3 Å². The number of benzene rings is 1. The molecule has 1 aliphatic rings.